The van der Waals surface area contributed by atoms with E-state index in [9.17, 15) is 5.11 Å². The van der Waals surface area contributed by atoms with Gasteiger partial charge in [0.15, 0.2) is 5.79 Å². The summed E-state index contributed by atoms with van der Waals surface area (Å²) >= 11 is 0. The fourth-order valence-electron chi connectivity index (χ4n) is 3.79. The monoisotopic (exact) mass is 355 g/mol. The molecule has 1 aromatic carbocycles. The van der Waals surface area contributed by atoms with Crippen LogP contribution >= 0.6 is 0 Å². The number of likely N-dealkylation sites (tertiary alicyclic amines) is 1. The molecule has 1 aromatic rings. The van der Waals surface area contributed by atoms with Crippen molar-refractivity contribution in [2.24, 2.45) is 0 Å². The highest BCUT2D eigenvalue weighted by atomic mass is 16.7. The first-order valence-corrected chi connectivity index (χ1v) is 9.14. The molecule has 1 spiro atoms. The van der Waals surface area contributed by atoms with Crippen molar-refractivity contribution in [2.75, 3.05) is 40.0 Å². The Kier molecular flexibility index (Phi) is 4.85. The first-order chi connectivity index (χ1) is 12.7. The zero-order valence-electron chi connectivity index (χ0n) is 15.1. The summed E-state index contributed by atoms with van der Waals surface area (Å²) in [7, 11) is 1.46. The number of allylic oxidation sites excluding steroid dienone is 2. The van der Waals surface area contributed by atoms with Gasteiger partial charge in [-0.2, -0.15) is 0 Å². The Balaban J connectivity index is 1.43. The number of rotatable bonds is 3. The number of piperidine rings is 1. The molecule has 2 aliphatic heterocycles. The Labute approximate surface area is 153 Å². The Morgan fingerprint density at radius 2 is 1.81 bits per heavy atom. The standard InChI is InChI=1S/C21H25NO4/c1-24-20(23)18-6-4-17(5-7-18)19-3-2-16(14-19)15-22-10-8-21(9-11-22)25-12-13-26-21/h2-7,14,23H,8-13,15H2,1H3. The van der Waals surface area contributed by atoms with Crippen LogP contribution in [0.5, 0.6) is 0 Å². The van der Waals surface area contributed by atoms with Crippen LogP contribution in [0, 0.1) is 0 Å². The summed E-state index contributed by atoms with van der Waals surface area (Å²) in [5.74, 6) is -0.363. The highest BCUT2D eigenvalue weighted by Gasteiger charge is 2.39. The number of methoxy groups -OCH3 is 1. The van der Waals surface area contributed by atoms with E-state index >= 15 is 0 Å². The summed E-state index contributed by atoms with van der Waals surface area (Å²) in [6, 6.07) is 7.74. The third-order valence-corrected chi connectivity index (χ3v) is 5.31. The molecule has 0 saturated carbocycles. The molecule has 0 radical (unpaired) electrons. The van der Waals surface area contributed by atoms with Crippen molar-refractivity contribution < 1.29 is 19.3 Å². The van der Waals surface area contributed by atoms with Gasteiger partial charge in [-0.1, -0.05) is 24.3 Å². The fourth-order valence-corrected chi connectivity index (χ4v) is 3.79. The summed E-state index contributed by atoms with van der Waals surface area (Å²) in [6.45, 7) is 4.41. The lowest BCUT2D eigenvalue weighted by atomic mass is 10.0. The number of aliphatic hydroxyl groups excluding tert-OH is 1. The minimum absolute atomic E-state index is 0.0576. The maximum Gasteiger partial charge on any atom is 0.283 e. The van der Waals surface area contributed by atoms with Gasteiger partial charge in [0.05, 0.1) is 25.5 Å². The first kappa shape index (κ1) is 17.3. The van der Waals surface area contributed by atoms with Gasteiger partial charge in [0.1, 0.15) is 0 Å². The van der Waals surface area contributed by atoms with Gasteiger partial charge in [-0.05, 0) is 34.6 Å². The molecule has 4 rings (SSSR count). The van der Waals surface area contributed by atoms with Gasteiger partial charge in [-0.25, -0.2) is 0 Å². The van der Waals surface area contributed by atoms with Crippen LogP contribution < -0.4 is 10.4 Å². The molecule has 2 heterocycles. The van der Waals surface area contributed by atoms with E-state index in [0.29, 0.717) is 5.22 Å². The number of hydrogen-bond donors (Lipinski definition) is 1. The quantitative estimate of drug-likeness (QED) is 0.889. The van der Waals surface area contributed by atoms with Crippen LogP contribution in [-0.2, 0) is 14.2 Å². The van der Waals surface area contributed by atoms with E-state index in [1.807, 2.05) is 24.3 Å². The van der Waals surface area contributed by atoms with E-state index in [-0.39, 0.29) is 11.7 Å². The highest BCUT2D eigenvalue weighted by Crippen LogP contribution is 2.31. The molecule has 1 aliphatic carbocycles. The van der Waals surface area contributed by atoms with Gasteiger partial charge in [0.2, 0.25) is 0 Å². The van der Waals surface area contributed by atoms with E-state index in [2.05, 4.69) is 23.1 Å². The number of nitrogens with zero attached hydrogens (tertiary/aromatic N) is 1. The molecule has 1 N–H and O–H groups in total. The molecule has 138 valence electrons. The van der Waals surface area contributed by atoms with Gasteiger partial charge in [0.25, 0.3) is 5.95 Å². The van der Waals surface area contributed by atoms with E-state index in [1.165, 1.54) is 18.3 Å². The van der Waals surface area contributed by atoms with Crippen molar-refractivity contribution in [3.05, 3.63) is 58.5 Å². The SMILES string of the molecule is COC(O)=c1ccc(=C2C=CC(CN3CCC4(CC3)OCCO4)=C2)cc1. The normalized spacial score (nSPS) is 22.0. The predicted molar refractivity (Wildman–Crippen MR) is 99.7 cm³/mol. The number of hydrogen-bond acceptors (Lipinski definition) is 5. The molecule has 5 heteroatoms. The summed E-state index contributed by atoms with van der Waals surface area (Å²) < 4.78 is 16.5. The average Bonchev–Trinajstić information content (AvgIpc) is 3.33. The summed E-state index contributed by atoms with van der Waals surface area (Å²) in [6.07, 6.45) is 8.47. The van der Waals surface area contributed by atoms with Gasteiger partial charge < -0.3 is 19.3 Å². The topological polar surface area (TPSA) is 51.2 Å². The van der Waals surface area contributed by atoms with Crippen LogP contribution in [0.4, 0.5) is 0 Å². The number of ether oxygens (including phenoxy) is 3. The zero-order chi connectivity index (χ0) is 18.0. The van der Waals surface area contributed by atoms with Crippen molar-refractivity contribution >= 4 is 11.5 Å². The van der Waals surface area contributed by atoms with Gasteiger partial charge >= 0.3 is 0 Å². The van der Waals surface area contributed by atoms with Gasteiger partial charge in [0, 0.05) is 32.5 Å². The van der Waals surface area contributed by atoms with Crippen molar-refractivity contribution in [1.29, 1.82) is 0 Å². The molecule has 2 fully saturated rings. The van der Waals surface area contributed by atoms with E-state index in [4.69, 9.17) is 14.2 Å². The van der Waals surface area contributed by atoms with E-state index in [0.717, 1.165) is 50.9 Å². The second kappa shape index (κ2) is 7.27. The Morgan fingerprint density at radius 3 is 2.46 bits per heavy atom. The Morgan fingerprint density at radius 1 is 1.12 bits per heavy atom. The molecule has 0 bridgehead atoms. The Hall–Kier alpha value is -2.08. The smallest absolute Gasteiger partial charge is 0.283 e. The predicted octanol–water partition coefficient (Wildman–Crippen LogP) is 1.44. The van der Waals surface area contributed by atoms with Crippen molar-refractivity contribution in [3.63, 3.8) is 0 Å². The molecule has 0 unspecified atom stereocenters. The highest BCUT2D eigenvalue weighted by molar-refractivity contribution is 5.73. The molecule has 0 amide bonds. The van der Waals surface area contributed by atoms with Crippen LogP contribution in [0.15, 0.2) is 48.1 Å². The average molecular weight is 355 g/mol. The molecule has 3 aliphatic rings. The maximum absolute atomic E-state index is 9.62. The molecule has 0 atom stereocenters. The molecular weight excluding hydrogens is 330 g/mol. The second-order valence-electron chi connectivity index (χ2n) is 6.98. The van der Waals surface area contributed by atoms with Crippen LogP contribution in [0.1, 0.15) is 12.8 Å². The van der Waals surface area contributed by atoms with E-state index in [1.54, 1.807) is 0 Å². The summed E-state index contributed by atoms with van der Waals surface area (Å²) in [4.78, 5) is 2.46. The molecule has 2 saturated heterocycles. The first-order valence-electron chi connectivity index (χ1n) is 9.14. The molecule has 5 nitrogen and oxygen atoms in total. The minimum atomic E-state index is -0.305. The Bertz CT molecular complexity index is 816. The second-order valence-corrected chi connectivity index (χ2v) is 6.98. The lowest BCUT2D eigenvalue weighted by Crippen LogP contribution is -2.45. The zero-order valence-corrected chi connectivity index (χ0v) is 15.1. The van der Waals surface area contributed by atoms with Crippen LogP contribution in [0.3, 0.4) is 0 Å². The largest absolute Gasteiger partial charge is 0.481 e. The van der Waals surface area contributed by atoms with Crippen LogP contribution in [0.2, 0.25) is 0 Å². The van der Waals surface area contributed by atoms with Crippen molar-refractivity contribution in [3.8, 4) is 0 Å². The van der Waals surface area contributed by atoms with Crippen LogP contribution in [0.25, 0.3) is 11.5 Å². The summed E-state index contributed by atoms with van der Waals surface area (Å²) in [5.41, 5.74) is 2.51. The lowest BCUT2D eigenvalue weighted by molar-refractivity contribution is -0.184. The minimum Gasteiger partial charge on any atom is -0.481 e. The maximum atomic E-state index is 9.62. The molecule has 26 heavy (non-hydrogen) atoms. The lowest BCUT2D eigenvalue weighted by Gasteiger charge is -2.37. The van der Waals surface area contributed by atoms with Crippen LogP contribution in [-0.4, -0.2) is 55.8 Å². The van der Waals surface area contributed by atoms with Gasteiger partial charge in [-0.3, -0.25) is 4.90 Å². The van der Waals surface area contributed by atoms with Crippen molar-refractivity contribution in [2.45, 2.75) is 18.6 Å². The fraction of sp³-hybridized carbons (Fsp3) is 0.429. The van der Waals surface area contributed by atoms with E-state index < -0.39 is 0 Å². The summed E-state index contributed by atoms with van der Waals surface area (Å²) in [5, 5.41) is 11.4. The third kappa shape index (κ3) is 3.56. The third-order valence-electron chi connectivity index (χ3n) is 5.31. The molecular formula is C21H25NO4. The van der Waals surface area contributed by atoms with Crippen molar-refractivity contribution in [1.82, 2.24) is 4.90 Å². The van der Waals surface area contributed by atoms with Gasteiger partial charge in [-0.15, -0.1) is 0 Å². The molecule has 0 aromatic heterocycles. The number of aliphatic hydroxyl groups is 1. The number of benzene rings is 1.